The number of ether oxygens (including phenoxy) is 2. The lowest BCUT2D eigenvalue weighted by atomic mass is 10.1. The largest absolute Gasteiger partial charge is 0.497 e. The SMILES string of the molecule is COc1ccc(C2OCC3C=C(F)C(=O)N32)cc1. The Balaban J connectivity index is 1.87. The van der Waals surface area contributed by atoms with Gasteiger partial charge in [0.1, 0.15) is 5.75 Å². The maximum Gasteiger partial charge on any atom is 0.285 e. The second-order valence-electron chi connectivity index (χ2n) is 4.25. The highest BCUT2D eigenvalue weighted by atomic mass is 19.1. The van der Waals surface area contributed by atoms with E-state index in [4.69, 9.17) is 9.47 Å². The first-order valence-electron chi connectivity index (χ1n) is 5.66. The molecule has 2 unspecified atom stereocenters. The van der Waals surface area contributed by atoms with Gasteiger partial charge in [0.05, 0.1) is 19.8 Å². The third-order valence-electron chi connectivity index (χ3n) is 3.21. The highest BCUT2D eigenvalue weighted by Crippen LogP contribution is 2.37. The fraction of sp³-hybridized carbons (Fsp3) is 0.308. The topological polar surface area (TPSA) is 38.8 Å². The molecule has 0 radical (unpaired) electrons. The average molecular weight is 249 g/mol. The Kier molecular flexibility index (Phi) is 2.56. The first-order chi connectivity index (χ1) is 8.70. The van der Waals surface area contributed by atoms with Gasteiger partial charge in [0.2, 0.25) is 0 Å². The highest BCUT2D eigenvalue weighted by molar-refractivity contribution is 5.94. The summed E-state index contributed by atoms with van der Waals surface area (Å²) in [6.45, 7) is 0.329. The van der Waals surface area contributed by atoms with E-state index in [0.717, 1.165) is 11.3 Å². The van der Waals surface area contributed by atoms with E-state index in [1.807, 2.05) is 12.1 Å². The van der Waals surface area contributed by atoms with Gasteiger partial charge in [-0.25, -0.2) is 4.39 Å². The number of carbonyl (C=O) groups excluding carboxylic acids is 1. The van der Waals surface area contributed by atoms with Crippen molar-refractivity contribution in [2.24, 2.45) is 0 Å². The molecule has 1 fully saturated rings. The Morgan fingerprint density at radius 2 is 2.11 bits per heavy atom. The monoisotopic (exact) mass is 249 g/mol. The van der Waals surface area contributed by atoms with Gasteiger partial charge in [-0.1, -0.05) is 12.1 Å². The van der Waals surface area contributed by atoms with Crippen molar-refractivity contribution < 1.29 is 18.7 Å². The Morgan fingerprint density at radius 1 is 1.39 bits per heavy atom. The van der Waals surface area contributed by atoms with Crippen LogP contribution in [-0.4, -0.2) is 30.6 Å². The number of hydrogen-bond donors (Lipinski definition) is 0. The number of fused-ring (bicyclic) bond motifs is 1. The zero-order valence-corrected chi connectivity index (χ0v) is 9.80. The number of nitrogens with zero attached hydrogens (tertiary/aromatic N) is 1. The van der Waals surface area contributed by atoms with Gasteiger partial charge < -0.3 is 9.47 Å². The van der Waals surface area contributed by atoms with Crippen LogP contribution < -0.4 is 4.74 Å². The van der Waals surface area contributed by atoms with Gasteiger partial charge in [-0.05, 0) is 18.2 Å². The number of carbonyl (C=O) groups is 1. The van der Waals surface area contributed by atoms with E-state index in [0.29, 0.717) is 6.61 Å². The van der Waals surface area contributed by atoms with Crippen LogP contribution in [0.4, 0.5) is 4.39 Å². The van der Waals surface area contributed by atoms with E-state index in [-0.39, 0.29) is 6.04 Å². The van der Waals surface area contributed by atoms with E-state index < -0.39 is 18.0 Å². The molecule has 4 nitrogen and oxygen atoms in total. The van der Waals surface area contributed by atoms with Crippen molar-refractivity contribution in [3.63, 3.8) is 0 Å². The number of halogens is 1. The van der Waals surface area contributed by atoms with Crippen molar-refractivity contribution in [3.05, 3.63) is 41.7 Å². The molecule has 18 heavy (non-hydrogen) atoms. The summed E-state index contributed by atoms with van der Waals surface area (Å²) in [5, 5.41) is 0. The molecule has 0 aliphatic carbocycles. The van der Waals surface area contributed by atoms with E-state index >= 15 is 0 Å². The normalized spacial score (nSPS) is 26.2. The molecule has 0 spiro atoms. The second kappa shape index (κ2) is 4.10. The van der Waals surface area contributed by atoms with Gasteiger partial charge in [-0.15, -0.1) is 0 Å². The standard InChI is InChI=1S/C13H12FNO3/c1-17-10-4-2-8(3-5-10)13-15-9(7-18-13)6-11(14)12(15)16/h2-6,9,13H,7H2,1H3. The third kappa shape index (κ3) is 1.59. The molecule has 2 atom stereocenters. The maximum atomic E-state index is 13.2. The number of benzene rings is 1. The summed E-state index contributed by atoms with van der Waals surface area (Å²) in [5.74, 6) is -0.564. The fourth-order valence-electron chi connectivity index (χ4n) is 2.30. The van der Waals surface area contributed by atoms with Gasteiger partial charge >= 0.3 is 0 Å². The van der Waals surface area contributed by atoms with Gasteiger partial charge in [0, 0.05) is 5.56 Å². The van der Waals surface area contributed by atoms with Crippen LogP contribution in [0.2, 0.25) is 0 Å². The van der Waals surface area contributed by atoms with E-state index in [1.165, 1.54) is 11.0 Å². The lowest BCUT2D eigenvalue weighted by Gasteiger charge is -2.22. The summed E-state index contributed by atoms with van der Waals surface area (Å²) in [6, 6.07) is 6.92. The molecule has 0 saturated carbocycles. The molecule has 3 rings (SSSR count). The summed E-state index contributed by atoms with van der Waals surface area (Å²) in [4.78, 5) is 13.1. The van der Waals surface area contributed by atoms with Gasteiger partial charge in [0.15, 0.2) is 12.1 Å². The summed E-state index contributed by atoms with van der Waals surface area (Å²) in [5.41, 5.74) is 0.815. The Bertz CT molecular complexity index is 511. The van der Waals surface area contributed by atoms with Crippen molar-refractivity contribution >= 4 is 5.91 Å². The number of hydrogen-bond acceptors (Lipinski definition) is 3. The van der Waals surface area contributed by atoms with E-state index in [9.17, 15) is 9.18 Å². The van der Waals surface area contributed by atoms with Gasteiger partial charge in [-0.3, -0.25) is 9.69 Å². The Hall–Kier alpha value is -1.88. The van der Waals surface area contributed by atoms with E-state index in [1.54, 1.807) is 19.2 Å². The molecule has 1 amide bonds. The molecule has 0 N–H and O–H groups in total. The van der Waals surface area contributed by atoms with Crippen LogP contribution in [0.25, 0.3) is 0 Å². The molecule has 1 aromatic rings. The van der Waals surface area contributed by atoms with Crippen LogP contribution in [0.15, 0.2) is 36.2 Å². The zero-order chi connectivity index (χ0) is 12.7. The average Bonchev–Trinajstić information content (AvgIpc) is 2.92. The third-order valence-corrected chi connectivity index (χ3v) is 3.21. The zero-order valence-electron chi connectivity index (χ0n) is 9.80. The minimum absolute atomic E-state index is 0.287. The van der Waals surface area contributed by atoms with Crippen LogP contribution in [0.1, 0.15) is 11.8 Å². The van der Waals surface area contributed by atoms with Crippen LogP contribution in [0.5, 0.6) is 5.75 Å². The van der Waals surface area contributed by atoms with Gasteiger partial charge in [0.25, 0.3) is 5.91 Å². The number of amides is 1. The molecular formula is C13H12FNO3. The number of rotatable bonds is 2. The lowest BCUT2D eigenvalue weighted by molar-refractivity contribution is -0.133. The molecule has 0 bridgehead atoms. The molecule has 2 aliphatic heterocycles. The second-order valence-corrected chi connectivity index (χ2v) is 4.25. The van der Waals surface area contributed by atoms with Crippen LogP contribution in [0.3, 0.4) is 0 Å². The maximum absolute atomic E-state index is 13.2. The summed E-state index contributed by atoms with van der Waals surface area (Å²) >= 11 is 0. The predicted octanol–water partition coefficient (Wildman–Crippen LogP) is 1.79. The summed E-state index contributed by atoms with van der Waals surface area (Å²) < 4.78 is 23.9. The first kappa shape index (κ1) is 11.2. The van der Waals surface area contributed by atoms with Crippen molar-refractivity contribution in [1.29, 1.82) is 0 Å². The van der Waals surface area contributed by atoms with Crippen molar-refractivity contribution in [2.45, 2.75) is 12.3 Å². The quantitative estimate of drug-likeness (QED) is 0.802. The molecule has 2 aliphatic rings. The van der Waals surface area contributed by atoms with Crippen molar-refractivity contribution in [3.8, 4) is 5.75 Å². The van der Waals surface area contributed by atoms with Crippen LogP contribution >= 0.6 is 0 Å². The predicted molar refractivity (Wildman–Crippen MR) is 61.5 cm³/mol. The minimum Gasteiger partial charge on any atom is -0.497 e. The highest BCUT2D eigenvalue weighted by Gasteiger charge is 2.43. The number of methoxy groups -OCH3 is 1. The summed E-state index contributed by atoms with van der Waals surface area (Å²) in [6.07, 6.45) is 0.796. The Morgan fingerprint density at radius 3 is 2.78 bits per heavy atom. The molecule has 0 aromatic heterocycles. The minimum atomic E-state index is -0.693. The smallest absolute Gasteiger partial charge is 0.285 e. The fourth-order valence-corrected chi connectivity index (χ4v) is 2.30. The van der Waals surface area contributed by atoms with Crippen molar-refractivity contribution in [2.75, 3.05) is 13.7 Å². The molecule has 1 saturated heterocycles. The van der Waals surface area contributed by atoms with E-state index in [2.05, 4.69) is 0 Å². The van der Waals surface area contributed by atoms with Crippen LogP contribution in [-0.2, 0) is 9.53 Å². The molecule has 1 aromatic carbocycles. The molecule has 5 heteroatoms. The molecular weight excluding hydrogens is 237 g/mol. The van der Waals surface area contributed by atoms with Gasteiger partial charge in [-0.2, -0.15) is 0 Å². The first-order valence-corrected chi connectivity index (χ1v) is 5.66. The van der Waals surface area contributed by atoms with Crippen LogP contribution in [0, 0.1) is 0 Å². The molecule has 94 valence electrons. The van der Waals surface area contributed by atoms with Crippen molar-refractivity contribution in [1.82, 2.24) is 4.90 Å². The Labute approximate surface area is 104 Å². The lowest BCUT2D eigenvalue weighted by Crippen LogP contribution is -2.32. The molecule has 2 heterocycles. The summed E-state index contributed by atoms with van der Waals surface area (Å²) in [7, 11) is 1.58.